The summed E-state index contributed by atoms with van der Waals surface area (Å²) in [6.45, 7) is 0.526. The molecule has 0 amide bonds. The molecule has 146 valence electrons. The molecule has 1 aliphatic rings. The third-order valence-corrected chi connectivity index (χ3v) is 4.53. The molecule has 2 heterocycles. The Labute approximate surface area is 155 Å². The third-order valence-electron chi connectivity index (χ3n) is 4.53. The third kappa shape index (κ3) is 3.21. The Morgan fingerprint density at radius 1 is 0.857 bits per heavy atom. The van der Waals surface area contributed by atoms with Crippen molar-refractivity contribution in [3.63, 3.8) is 0 Å². The molecule has 4 rings (SSSR count). The number of hydrogen-bond acceptors (Lipinski definition) is 2. The quantitative estimate of drug-likeness (QED) is 0.575. The Balaban J connectivity index is 1.84. The molecule has 0 fully saturated rings. The number of halogens is 6. The monoisotopic (exact) mass is 397 g/mol. The number of fused-ring (bicyclic) bond motifs is 1. The first-order valence-electron chi connectivity index (χ1n) is 8.35. The summed E-state index contributed by atoms with van der Waals surface area (Å²) in [5.74, 6) is 0.492. The summed E-state index contributed by atoms with van der Waals surface area (Å²) < 4.78 is 79.5. The Morgan fingerprint density at radius 2 is 1.50 bits per heavy atom. The van der Waals surface area contributed by atoms with Gasteiger partial charge in [-0.15, -0.1) is 0 Å². The van der Waals surface area contributed by atoms with Crippen LogP contribution in [0.15, 0.2) is 48.5 Å². The van der Waals surface area contributed by atoms with Gasteiger partial charge in [0.1, 0.15) is 5.82 Å². The zero-order chi connectivity index (χ0) is 20.1. The second-order valence-electron chi connectivity index (χ2n) is 6.39. The second kappa shape index (κ2) is 6.29. The molecular formula is C19H13F6N3. The molecule has 3 aromatic rings. The van der Waals surface area contributed by atoms with E-state index in [2.05, 4.69) is 10.4 Å². The summed E-state index contributed by atoms with van der Waals surface area (Å²) in [6.07, 6.45) is -8.50. The van der Waals surface area contributed by atoms with Gasteiger partial charge < -0.3 is 5.32 Å². The summed E-state index contributed by atoms with van der Waals surface area (Å²) in [6, 6.07) is 9.41. The maximum absolute atomic E-state index is 13.0. The molecular weight excluding hydrogens is 384 g/mol. The number of nitrogens with zero attached hydrogens (tertiary/aromatic N) is 2. The van der Waals surface area contributed by atoms with Crippen LogP contribution in [-0.4, -0.2) is 16.3 Å². The molecule has 0 aliphatic carbocycles. The van der Waals surface area contributed by atoms with E-state index in [1.807, 2.05) is 0 Å². The van der Waals surface area contributed by atoms with E-state index >= 15 is 0 Å². The van der Waals surface area contributed by atoms with Gasteiger partial charge in [0.2, 0.25) is 0 Å². The molecule has 2 aromatic carbocycles. The van der Waals surface area contributed by atoms with Gasteiger partial charge in [0.05, 0.1) is 22.5 Å². The lowest BCUT2D eigenvalue weighted by Crippen LogP contribution is -2.08. The van der Waals surface area contributed by atoms with Gasteiger partial charge in [-0.1, -0.05) is 18.2 Å². The summed E-state index contributed by atoms with van der Waals surface area (Å²) in [4.78, 5) is 0. The van der Waals surface area contributed by atoms with E-state index in [9.17, 15) is 26.3 Å². The van der Waals surface area contributed by atoms with Crippen molar-refractivity contribution in [3.8, 4) is 16.9 Å². The van der Waals surface area contributed by atoms with E-state index in [0.29, 0.717) is 30.0 Å². The smallest absolute Gasteiger partial charge is 0.369 e. The second-order valence-corrected chi connectivity index (χ2v) is 6.39. The number of hydrogen-bond donors (Lipinski definition) is 1. The van der Waals surface area contributed by atoms with Crippen LogP contribution in [0.5, 0.6) is 0 Å². The molecule has 0 spiro atoms. The summed E-state index contributed by atoms with van der Waals surface area (Å²) in [5.41, 5.74) is -0.189. The van der Waals surface area contributed by atoms with Crippen LogP contribution in [0.25, 0.3) is 16.9 Å². The van der Waals surface area contributed by atoms with Gasteiger partial charge in [-0.05, 0) is 36.8 Å². The molecule has 1 aliphatic heterocycles. The van der Waals surface area contributed by atoms with Crippen LogP contribution in [0.3, 0.4) is 0 Å². The minimum Gasteiger partial charge on any atom is -0.369 e. The van der Waals surface area contributed by atoms with Crippen molar-refractivity contribution < 1.29 is 26.3 Å². The first-order chi connectivity index (χ1) is 13.1. The fourth-order valence-electron chi connectivity index (χ4n) is 3.25. The fourth-order valence-corrected chi connectivity index (χ4v) is 3.25. The molecule has 0 saturated carbocycles. The number of anilines is 1. The van der Waals surface area contributed by atoms with Crippen LogP contribution in [0.2, 0.25) is 0 Å². The van der Waals surface area contributed by atoms with Crippen molar-refractivity contribution in [2.45, 2.75) is 18.8 Å². The van der Waals surface area contributed by atoms with E-state index in [4.69, 9.17) is 0 Å². The van der Waals surface area contributed by atoms with Gasteiger partial charge in [0.15, 0.2) is 0 Å². The van der Waals surface area contributed by atoms with E-state index in [1.54, 1.807) is 0 Å². The number of nitrogens with one attached hydrogen (secondary N) is 1. The molecule has 9 heteroatoms. The molecule has 0 bridgehead atoms. The summed E-state index contributed by atoms with van der Waals surface area (Å²) >= 11 is 0. The van der Waals surface area contributed by atoms with Gasteiger partial charge >= 0.3 is 12.4 Å². The highest BCUT2D eigenvalue weighted by Gasteiger charge is 2.33. The fraction of sp³-hybridized carbons (Fsp3) is 0.211. The van der Waals surface area contributed by atoms with Gasteiger partial charge in [0.25, 0.3) is 0 Å². The van der Waals surface area contributed by atoms with E-state index in [1.165, 1.54) is 28.9 Å². The van der Waals surface area contributed by atoms with Crippen molar-refractivity contribution >= 4 is 5.82 Å². The molecule has 1 N–H and O–H groups in total. The minimum absolute atomic E-state index is 0.179. The standard InChI is InChI=1S/C19H13F6N3/c20-18(21,22)12-4-1-3-11(9-12)16-15-7-8-26-17(15)28(27-16)14-6-2-5-13(10-14)19(23,24)25/h1-6,9-10,26H,7-8H2. The van der Waals surface area contributed by atoms with Gasteiger partial charge in [-0.3, -0.25) is 0 Å². The normalized spacial score (nSPS) is 14.1. The predicted octanol–water partition coefficient (Wildman–Crippen LogP) is 5.54. The molecule has 0 saturated heterocycles. The van der Waals surface area contributed by atoms with Crippen LogP contribution in [0, 0.1) is 0 Å². The Morgan fingerprint density at radius 3 is 2.18 bits per heavy atom. The molecule has 28 heavy (non-hydrogen) atoms. The van der Waals surface area contributed by atoms with Crippen LogP contribution in [0.1, 0.15) is 16.7 Å². The average molecular weight is 397 g/mol. The van der Waals surface area contributed by atoms with E-state index in [0.717, 1.165) is 24.3 Å². The van der Waals surface area contributed by atoms with Crippen LogP contribution in [0.4, 0.5) is 32.2 Å². The zero-order valence-electron chi connectivity index (χ0n) is 14.2. The van der Waals surface area contributed by atoms with Crippen LogP contribution < -0.4 is 5.32 Å². The highest BCUT2D eigenvalue weighted by molar-refractivity contribution is 5.73. The lowest BCUT2D eigenvalue weighted by molar-refractivity contribution is -0.138. The number of benzene rings is 2. The number of rotatable bonds is 2. The predicted molar refractivity (Wildman–Crippen MR) is 91.2 cm³/mol. The summed E-state index contributed by atoms with van der Waals surface area (Å²) in [5, 5.41) is 7.40. The largest absolute Gasteiger partial charge is 0.416 e. The minimum atomic E-state index is -4.51. The molecule has 0 unspecified atom stereocenters. The number of alkyl halides is 6. The highest BCUT2D eigenvalue weighted by atomic mass is 19.4. The molecule has 0 atom stereocenters. The SMILES string of the molecule is FC(F)(F)c1cccc(-c2nn(-c3cccc(C(F)(F)F)c3)c3c2CCN3)c1. The van der Waals surface area contributed by atoms with E-state index in [-0.39, 0.29) is 11.3 Å². The average Bonchev–Trinajstić information content (AvgIpc) is 3.23. The van der Waals surface area contributed by atoms with Gasteiger partial charge in [-0.25, -0.2) is 4.68 Å². The lowest BCUT2D eigenvalue weighted by atomic mass is 10.0. The maximum atomic E-state index is 13.0. The van der Waals surface area contributed by atoms with E-state index < -0.39 is 23.5 Å². The number of aromatic nitrogens is 2. The van der Waals surface area contributed by atoms with Crippen molar-refractivity contribution in [3.05, 3.63) is 65.2 Å². The lowest BCUT2D eigenvalue weighted by Gasteiger charge is -2.11. The topological polar surface area (TPSA) is 29.9 Å². The van der Waals surface area contributed by atoms with Crippen molar-refractivity contribution in [2.75, 3.05) is 11.9 Å². The molecule has 0 radical (unpaired) electrons. The first kappa shape index (κ1) is 18.4. The van der Waals surface area contributed by atoms with Crippen molar-refractivity contribution in [2.24, 2.45) is 0 Å². The maximum Gasteiger partial charge on any atom is 0.416 e. The van der Waals surface area contributed by atoms with Gasteiger partial charge in [-0.2, -0.15) is 31.4 Å². The highest BCUT2D eigenvalue weighted by Crippen LogP contribution is 2.38. The zero-order valence-corrected chi connectivity index (χ0v) is 14.2. The molecule has 3 nitrogen and oxygen atoms in total. The first-order valence-corrected chi connectivity index (χ1v) is 8.35. The Hall–Kier alpha value is -2.97. The Kier molecular flexibility index (Phi) is 4.13. The Bertz CT molecular complexity index is 953. The van der Waals surface area contributed by atoms with Crippen molar-refractivity contribution in [1.29, 1.82) is 0 Å². The van der Waals surface area contributed by atoms with Gasteiger partial charge in [0, 0.05) is 17.7 Å². The van der Waals surface area contributed by atoms with Crippen LogP contribution in [-0.2, 0) is 18.8 Å². The summed E-state index contributed by atoms with van der Waals surface area (Å²) in [7, 11) is 0. The van der Waals surface area contributed by atoms with Crippen LogP contribution >= 0.6 is 0 Å². The molecule has 1 aromatic heterocycles. The van der Waals surface area contributed by atoms with Crippen molar-refractivity contribution in [1.82, 2.24) is 9.78 Å².